The fourth-order valence-corrected chi connectivity index (χ4v) is 11.1. The topological polar surface area (TPSA) is 3.24 Å². The van der Waals surface area contributed by atoms with Crippen LogP contribution < -0.4 is 4.90 Å². The van der Waals surface area contributed by atoms with Gasteiger partial charge in [0.1, 0.15) is 0 Å². The highest BCUT2D eigenvalue weighted by Gasteiger charge is 2.39. The molecule has 0 N–H and O–H groups in total. The molecule has 0 aliphatic heterocycles. The van der Waals surface area contributed by atoms with Crippen molar-refractivity contribution in [3.8, 4) is 22.3 Å². The molecule has 0 saturated heterocycles. The molecule has 6 aromatic carbocycles. The molecule has 0 amide bonds. The average molecular weight is 692 g/mol. The molecule has 6 aromatic rings. The Hall–Kier alpha value is -4.62. The van der Waals surface area contributed by atoms with E-state index in [9.17, 15) is 0 Å². The van der Waals surface area contributed by atoms with Gasteiger partial charge in [0.2, 0.25) is 0 Å². The summed E-state index contributed by atoms with van der Waals surface area (Å²) >= 11 is 0. The second-order valence-corrected chi connectivity index (χ2v) is 17.8. The summed E-state index contributed by atoms with van der Waals surface area (Å²) in [5, 5.41) is 2.66. The Morgan fingerprint density at radius 2 is 0.981 bits per heavy atom. The Balaban J connectivity index is 1.18. The summed E-state index contributed by atoms with van der Waals surface area (Å²) in [6.45, 7) is 9.76. The largest absolute Gasteiger partial charge is 0.310 e. The van der Waals surface area contributed by atoms with Crippen molar-refractivity contribution in [1.29, 1.82) is 0 Å². The Morgan fingerprint density at radius 3 is 1.66 bits per heavy atom. The van der Waals surface area contributed by atoms with Crippen LogP contribution in [-0.2, 0) is 10.8 Å². The van der Waals surface area contributed by atoms with Crippen LogP contribution in [0.3, 0.4) is 0 Å². The number of nitrogens with zero attached hydrogens (tertiary/aromatic N) is 1. The van der Waals surface area contributed by atoms with Crippen LogP contribution in [0, 0.1) is 0 Å². The molecule has 10 rings (SSSR count). The summed E-state index contributed by atoms with van der Waals surface area (Å²) in [5.74, 6) is 1.27. The smallest absolute Gasteiger partial charge is 0.0574 e. The number of fused-ring (bicyclic) bond motifs is 7. The molecule has 0 spiro atoms. The lowest BCUT2D eigenvalue weighted by Crippen LogP contribution is -2.19. The minimum atomic E-state index is -0.0798. The maximum Gasteiger partial charge on any atom is 0.0574 e. The zero-order valence-corrected chi connectivity index (χ0v) is 32.1. The third-order valence-corrected chi connectivity index (χ3v) is 14.0. The molecule has 53 heavy (non-hydrogen) atoms. The van der Waals surface area contributed by atoms with Gasteiger partial charge in [-0.15, -0.1) is 0 Å². The molecular formula is C52H53N. The Kier molecular flexibility index (Phi) is 7.77. The molecule has 4 aliphatic rings. The minimum absolute atomic E-state index is 0.0732. The zero-order valence-electron chi connectivity index (χ0n) is 32.1. The van der Waals surface area contributed by atoms with E-state index in [0.717, 1.165) is 0 Å². The van der Waals surface area contributed by atoms with Crippen molar-refractivity contribution in [3.05, 3.63) is 149 Å². The minimum Gasteiger partial charge on any atom is -0.310 e. The van der Waals surface area contributed by atoms with Crippen molar-refractivity contribution in [2.45, 2.75) is 115 Å². The van der Waals surface area contributed by atoms with E-state index >= 15 is 0 Å². The second kappa shape index (κ2) is 12.5. The number of benzene rings is 6. The molecule has 0 unspecified atom stereocenters. The Bertz CT molecular complexity index is 2380. The van der Waals surface area contributed by atoms with Gasteiger partial charge in [0, 0.05) is 27.6 Å². The van der Waals surface area contributed by atoms with E-state index in [-0.39, 0.29) is 10.8 Å². The van der Waals surface area contributed by atoms with Crippen molar-refractivity contribution in [3.63, 3.8) is 0 Å². The second-order valence-electron chi connectivity index (χ2n) is 17.8. The van der Waals surface area contributed by atoms with E-state index < -0.39 is 0 Å². The third kappa shape index (κ3) is 5.17. The standard InChI is InChI=1S/C52H53N/c1-51(2)46-22-14-13-21-42(46)44-29-25-38(32-48(44)51)53(50-40-20-12-11-19-36(40)23-27-41(50)35-17-9-6-10-18-35)39-26-30-45-43-28-24-37(34-15-7-5-8-16-34)31-47(43)52(3,4)49(45)33-39/h11-14,19-35H,5-10,15-18H2,1-4H3. The number of anilines is 3. The van der Waals surface area contributed by atoms with Gasteiger partial charge in [-0.2, -0.15) is 0 Å². The molecule has 2 saturated carbocycles. The molecular weight excluding hydrogens is 639 g/mol. The molecule has 4 aliphatic carbocycles. The molecule has 266 valence electrons. The van der Waals surface area contributed by atoms with Crippen molar-refractivity contribution in [2.75, 3.05) is 4.90 Å². The van der Waals surface area contributed by atoms with E-state index in [1.807, 2.05) is 0 Å². The summed E-state index contributed by atoms with van der Waals surface area (Å²) in [4.78, 5) is 2.67. The van der Waals surface area contributed by atoms with E-state index in [1.165, 1.54) is 142 Å². The predicted molar refractivity (Wildman–Crippen MR) is 225 cm³/mol. The van der Waals surface area contributed by atoms with Crippen molar-refractivity contribution >= 4 is 27.8 Å². The normalized spacial score (nSPS) is 18.7. The summed E-state index contributed by atoms with van der Waals surface area (Å²) in [5.41, 5.74) is 18.2. The van der Waals surface area contributed by atoms with Crippen LogP contribution in [0.15, 0.2) is 115 Å². The first kappa shape index (κ1) is 33.0. The first-order valence-electron chi connectivity index (χ1n) is 20.7. The number of hydrogen-bond acceptors (Lipinski definition) is 1. The van der Waals surface area contributed by atoms with E-state index in [1.54, 1.807) is 5.56 Å². The van der Waals surface area contributed by atoms with Crippen LogP contribution in [0.25, 0.3) is 33.0 Å². The molecule has 0 aromatic heterocycles. The van der Waals surface area contributed by atoms with Crippen molar-refractivity contribution < 1.29 is 0 Å². The summed E-state index contributed by atoms with van der Waals surface area (Å²) in [6, 6.07) is 45.3. The highest BCUT2D eigenvalue weighted by atomic mass is 15.1. The first-order valence-corrected chi connectivity index (χ1v) is 20.7. The lowest BCUT2D eigenvalue weighted by Gasteiger charge is -2.34. The van der Waals surface area contributed by atoms with Gasteiger partial charge in [0.25, 0.3) is 0 Å². The van der Waals surface area contributed by atoms with E-state index in [4.69, 9.17) is 0 Å². The van der Waals surface area contributed by atoms with E-state index in [2.05, 4.69) is 148 Å². The van der Waals surface area contributed by atoms with Crippen LogP contribution in [0.5, 0.6) is 0 Å². The fourth-order valence-electron chi connectivity index (χ4n) is 11.1. The van der Waals surface area contributed by atoms with Gasteiger partial charge in [-0.1, -0.05) is 157 Å². The third-order valence-electron chi connectivity index (χ3n) is 14.0. The molecule has 1 heteroatoms. The van der Waals surface area contributed by atoms with Crippen molar-refractivity contribution in [2.24, 2.45) is 0 Å². The van der Waals surface area contributed by atoms with E-state index in [0.29, 0.717) is 11.8 Å². The van der Waals surface area contributed by atoms with Gasteiger partial charge >= 0.3 is 0 Å². The Morgan fingerprint density at radius 1 is 0.453 bits per heavy atom. The highest BCUT2D eigenvalue weighted by molar-refractivity contribution is 6.02. The van der Waals surface area contributed by atoms with Crippen LogP contribution in [-0.4, -0.2) is 0 Å². The number of hydrogen-bond donors (Lipinski definition) is 0. The van der Waals surface area contributed by atoms with Gasteiger partial charge < -0.3 is 4.90 Å². The lowest BCUT2D eigenvalue weighted by molar-refractivity contribution is 0.443. The van der Waals surface area contributed by atoms with Gasteiger partial charge in [-0.3, -0.25) is 0 Å². The quantitative estimate of drug-likeness (QED) is 0.174. The summed E-state index contributed by atoms with van der Waals surface area (Å²) in [7, 11) is 0. The van der Waals surface area contributed by atoms with Gasteiger partial charge in [0.05, 0.1) is 5.69 Å². The molecule has 0 bridgehead atoms. The van der Waals surface area contributed by atoms with Crippen LogP contribution >= 0.6 is 0 Å². The molecule has 0 atom stereocenters. The van der Waals surface area contributed by atoms with Gasteiger partial charge in [-0.25, -0.2) is 0 Å². The SMILES string of the molecule is CC1(C)c2ccccc2-c2ccc(N(c3ccc4c(c3)C(C)(C)c3cc(C5CCCCC5)ccc3-4)c3c(C4CCCCC4)ccc4ccccc34)cc21. The number of rotatable bonds is 5. The van der Waals surface area contributed by atoms with Crippen LogP contribution in [0.4, 0.5) is 17.1 Å². The molecule has 1 nitrogen and oxygen atoms in total. The molecule has 0 heterocycles. The van der Waals surface area contributed by atoms with Gasteiger partial charge in [-0.05, 0) is 123 Å². The fraction of sp³-hybridized carbons (Fsp3) is 0.346. The van der Waals surface area contributed by atoms with Crippen molar-refractivity contribution in [1.82, 2.24) is 0 Å². The monoisotopic (exact) mass is 691 g/mol. The summed E-state index contributed by atoms with van der Waals surface area (Å²) < 4.78 is 0. The van der Waals surface area contributed by atoms with Crippen LogP contribution in [0.1, 0.15) is 137 Å². The average Bonchev–Trinajstić information content (AvgIpc) is 3.57. The molecule has 0 radical (unpaired) electrons. The summed E-state index contributed by atoms with van der Waals surface area (Å²) in [6.07, 6.45) is 13.3. The zero-order chi connectivity index (χ0) is 35.9. The van der Waals surface area contributed by atoms with Crippen LogP contribution in [0.2, 0.25) is 0 Å². The van der Waals surface area contributed by atoms with Gasteiger partial charge in [0.15, 0.2) is 0 Å². The predicted octanol–water partition coefficient (Wildman–Crippen LogP) is 15.0. The first-order chi connectivity index (χ1) is 25.8. The Labute approximate surface area is 317 Å². The maximum absolute atomic E-state index is 2.67. The lowest BCUT2D eigenvalue weighted by atomic mass is 9.78. The molecule has 2 fully saturated rings. The maximum atomic E-state index is 2.67. The highest BCUT2D eigenvalue weighted by Crippen LogP contribution is 2.55.